The lowest BCUT2D eigenvalue weighted by atomic mass is 9.89. The number of benzene rings is 1. The van der Waals surface area contributed by atoms with Crippen molar-refractivity contribution < 1.29 is 18.0 Å². The van der Waals surface area contributed by atoms with Crippen molar-refractivity contribution in [3.63, 3.8) is 0 Å². The minimum absolute atomic E-state index is 0.0219. The number of carbonyl (C=O) groups excluding carboxylic acids is 2. The second-order valence-corrected chi connectivity index (χ2v) is 8.71. The molecule has 1 aromatic rings. The molecule has 0 fully saturated rings. The molecule has 1 aliphatic carbocycles. The van der Waals surface area contributed by atoms with Crippen LogP contribution in [0.25, 0.3) is 0 Å². The molecule has 2 amide bonds. The van der Waals surface area contributed by atoms with E-state index >= 15 is 0 Å². The summed E-state index contributed by atoms with van der Waals surface area (Å²) in [4.78, 5) is 28.4. The van der Waals surface area contributed by atoms with Crippen molar-refractivity contribution >= 4 is 27.5 Å². The zero-order chi connectivity index (χ0) is 21.2. The summed E-state index contributed by atoms with van der Waals surface area (Å²) < 4.78 is 26.4. The van der Waals surface area contributed by atoms with E-state index in [-0.39, 0.29) is 22.3 Å². The molecule has 0 saturated carbocycles. The fourth-order valence-electron chi connectivity index (χ4n) is 3.31. The van der Waals surface area contributed by atoms with Crippen LogP contribution in [-0.4, -0.2) is 43.3 Å². The molecule has 7 nitrogen and oxygen atoms in total. The lowest BCUT2D eigenvalue weighted by Gasteiger charge is -2.25. The highest BCUT2D eigenvalue weighted by Gasteiger charge is 2.24. The number of hydrogen-bond donors (Lipinski definition) is 1. The molecule has 8 heteroatoms. The van der Waals surface area contributed by atoms with Gasteiger partial charge in [-0.3, -0.25) is 9.59 Å². The highest BCUT2D eigenvalue weighted by atomic mass is 32.2. The fourth-order valence-corrected chi connectivity index (χ4v) is 4.77. The molecule has 1 aliphatic heterocycles. The SMILES string of the molecule is CCN(CC)S(=O)(=O)c1ccc(C(=O)N=C2C=CC3C(C)=CC(=O)NC3=C2)cc1. The maximum absolute atomic E-state index is 12.5. The number of rotatable bonds is 5. The Morgan fingerprint density at radius 1 is 1.14 bits per heavy atom. The largest absolute Gasteiger partial charge is 0.325 e. The van der Waals surface area contributed by atoms with E-state index in [0.717, 1.165) is 5.57 Å². The molecule has 3 rings (SSSR count). The number of amides is 2. The van der Waals surface area contributed by atoms with Crippen LogP contribution in [0.5, 0.6) is 0 Å². The number of allylic oxidation sites excluding steroid dienone is 3. The van der Waals surface area contributed by atoms with E-state index < -0.39 is 15.9 Å². The lowest BCUT2D eigenvalue weighted by Crippen LogP contribution is -2.32. The maximum atomic E-state index is 12.5. The number of hydrogen-bond acceptors (Lipinski definition) is 4. The van der Waals surface area contributed by atoms with E-state index in [1.54, 1.807) is 32.1 Å². The molecular weight excluding hydrogens is 390 g/mol. The first-order valence-electron chi connectivity index (χ1n) is 9.38. The summed E-state index contributed by atoms with van der Waals surface area (Å²) in [6.07, 6.45) is 6.84. The highest BCUT2D eigenvalue weighted by molar-refractivity contribution is 7.89. The number of aliphatic imine (C=N–C) groups is 1. The summed E-state index contributed by atoms with van der Waals surface area (Å²) in [6.45, 7) is 6.18. The summed E-state index contributed by atoms with van der Waals surface area (Å²) in [5.41, 5.74) is 2.32. The van der Waals surface area contributed by atoms with Gasteiger partial charge in [0.2, 0.25) is 15.9 Å². The molecule has 2 aliphatic rings. The van der Waals surface area contributed by atoms with Crippen molar-refractivity contribution in [3.05, 3.63) is 65.4 Å². The van der Waals surface area contributed by atoms with E-state index in [1.165, 1.54) is 28.6 Å². The average Bonchev–Trinajstić information content (AvgIpc) is 2.68. The van der Waals surface area contributed by atoms with Crippen molar-refractivity contribution in [1.82, 2.24) is 9.62 Å². The van der Waals surface area contributed by atoms with E-state index in [9.17, 15) is 18.0 Å². The molecule has 1 unspecified atom stereocenters. The summed E-state index contributed by atoms with van der Waals surface area (Å²) >= 11 is 0. The standard InChI is InChI=1S/C21H23N3O4S/c1-4-24(5-2)29(27,28)17-9-6-15(7-10-17)21(26)22-16-8-11-18-14(3)12-20(25)23-19(18)13-16/h6-13,18H,4-5H2,1-3H3,(H,23,25). The third kappa shape index (κ3) is 4.28. The third-order valence-electron chi connectivity index (χ3n) is 4.89. The quantitative estimate of drug-likeness (QED) is 0.802. The first kappa shape index (κ1) is 20.9. The Morgan fingerprint density at radius 2 is 1.79 bits per heavy atom. The maximum Gasteiger partial charge on any atom is 0.277 e. The van der Waals surface area contributed by atoms with Crippen molar-refractivity contribution in [2.24, 2.45) is 10.9 Å². The zero-order valence-corrected chi connectivity index (χ0v) is 17.4. The Kier molecular flexibility index (Phi) is 5.95. The Morgan fingerprint density at radius 3 is 2.41 bits per heavy atom. The van der Waals surface area contributed by atoms with Gasteiger partial charge >= 0.3 is 0 Å². The molecule has 0 spiro atoms. The third-order valence-corrected chi connectivity index (χ3v) is 6.95. The molecule has 0 radical (unpaired) electrons. The van der Waals surface area contributed by atoms with Gasteiger partial charge in [-0.15, -0.1) is 0 Å². The fraction of sp³-hybridized carbons (Fsp3) is 0.286. The van der Waals surface area contributed by atoms with Crippen LogP contribution in [0.4, 0.5) is 0 Å². The van der Waals surface area contributed by atoms with Crippen LogP contribution >= 0.6 is 0 Å². The molecule has 1 aromatic carbocycles. The topological polar surface area (TPSA) is 95.9 Å². The van der Waals surface area contributed by atoms with Crippen LogP contribution in [-0.2, 0) is 14.8 Å². The Bertz CT molecular complexity index is 1060. The number of fused-ring (bicyclic) bond motifs is 1. The van der Waals surface area contributed by atoms with Gasteiger partial charge in [0.25, 0.3) is 5.91 Å². The van der Waals surface area contributed by atoms with Gasteiger partial charge in [-0.1, -0.05) is 25.5 Å². The molecule has 29 heavy (non-hydrogen) atoms. The highest BCUT2D eigenvalue weighted by Crippen LogP contribution is 2.26. The van der Waals surface area contributed by atoms with Gasteiger partial charge in [-0.2, -0.15) is 4.31 Å². The van der Waals surface area contributed by atoms with Gasteiger partial charge in [0.1, 0.15) is 0 Å². The molecule has 0 saturated heterocycles. The molecule has 1 N–H and O–H groups in total. The number of nitrogens with one attached hydrogen (secondary N) is 1. The number of carbonyl (C=O) groups is 2. The lowest BCUT2D eigenvalue weighted by molar-refractivity contribution is -0.116. The number of nitrogens with zero attached hydrogens (tertiary/aromatic N) is 2. The van der Waals surface area contributed by atoms with Crippen LogP contribution in [0.15, 0.2) is 69.7 Å². The summed E-state index contributed by atoms with van der Waals surface area (Å²) in [5.74, 6) is -0.705. The monoisotopic (exact) mass is 413 g/mol. The minimum Gasteiger partial charge on any atom is -0.325 e. The van der Waals surface area contributed by atoms with Crippen molar-refractivity contribution in [2.75, 3.05) is 13.1 Å². The van der Waals surface area contributed by atoms with E-state index in [0.29, 0.717) is 24.5 Å². The molecule has 1 atom stereocenters. The first-order valence-corrected chi connectivity index (χ1v) is 10.8. The van der Waals surface area contributed by atoms with E-state index in [2.05, 4.69) is 10.3 Å². The Balaban J connectivity index is 1.81. The van der Waals surface area contributed by atoms with Crippen LogP contribution in [0.1, 0.15) is 31.1 Å². The van der Waals surface area contributed by atoms with Crippen LogP contribution < -0.4 is 5.32 Å². The van der Waals surface area contributed by atoms with Gasteiger partial charge in [0, 0.05) is 36.3 Å². The van der Waals surface area contributed by atoms with Crippen molar-refractivity contribution in [1.29, 1.82) is 0 Å². The van der Waals surface area contributed by atoms with E-state index in [1.807, 2.05) is 13.0 Å². The van der Waals surface area contributed by atoms with Crippen LogP contribution in [0, 0.1) is 5.92 Å². The molecule has 0 bridgehead atoms. The first-order chi connectivity index (χ1) is 13.8. The van der Waals surface area contributed by atoms with Gasteiger partial charge in [0.15, 0.2) is 0 Å². The van der Waals surface area contributed by atoms with Gasteiger partial charge in [-0.05, 0) is 43.3 Å². The Hall–Kier alpha value is -2.84. The van der Waals surface area contributed by atoms with Gasteiger partial charge in [-0.25, -0.2) is 13.4 Å². The second-order valence-electron chi connectivity index (χ2n) is 6.77. The van der Waals surface area contributed by atoms with Gasteiger partial charge in [0.05, 0.1) is 10.6 Å². The number of sulfonamides is 1. The normalized spacial score (nSPS) is 20.2. The van der Waals surface area contributed by atoms with Crippen molar-refractivity contribution in [2.45, 2.75) is 25.7 Å². The zero-order valence-electron chi connectivity index (χ0n) is 16.5. The predicted molar refractivity (Wildman–Crippen MR) is 111 cm³/mol. The second kappa shape index (κ2) is 8.26. The average molecular weight is 413 g/mol. The van der Waals surface area contributed by atoms with Crippen molar-refractivity contribution in [3.8, 4) is 0 Å². The summed E-state index contributed by atoms with van der Waals surface area (Å²) in [7, 11) is -3.57. The summed E-state index contributed by atoms with van der Waals surface area (Å²) in [5, 5.41) is 2.77. The predicted octanol–water partition coefficient (Wildman–Crippen LogP) is 2.44. The van der Waals surface area contributed by atoms with Crippen LogP contribution in [0.3, 0.4) is 0 Å². The smallest absolute Gasteiger partial charge is 0.277 e. The molecule has 0 aromatic heterocycles. The van der Waals surface area contributed by atoms with Gasteiger partial charge < -0.3 is 5.32 Å². The minimum atomic E-state index is -3.57. The van der Waals surface area contributed by atoms with Crippen LogP contribution in [0.2, 0.25) is 0 Å². The Labute approximate surface area is 170 Å². The molecule has 1 heterocycles. The van der Waals surface area contributed by atoms with E-state index in [4.69, 9.17) is 0 Å². The molecule has 152 valence electrons. The summed E-state index contributed by atoms with van der Waals surface area (Å²) in [6, 6.07) is 5.75. The molecular formula is C21H23N3O4S.